The second kappa shape index (κ2) is 7.05. The number of nitrogens with one attached hydrogen (secondary N) is 2. The first-order chi connectivity index (χ1) is 12.1. The normalized spacial score (nSPS) is 16.2. The van der Waals surface area contributed by atoms with Crippen molar-refractivity contribution in [2.75, 3.05) is 22.1 Å². The number of fused-ring (bicyclic) bond motifs is 1. The number of amides is 2. The van der Waals surface area contributed by atoms with E-state index >= 15 is 0 Å². The molecular weight excluding hydrogens is 316 g/mol. The third kappa shape index (κ3) is 3.61. The van der Waals surface area contributed by atoms with Crippen LogP contribution in [0.4, 0.5) is 17.1 Å². The fraction of sp³-hybridized carbons (Fsp3) is 0.211. The summed E-state index contributed by atoms with van der Waals surface area (Å²) in [7, 11) is 0. The van der Waals surface area contributed by atoms with Crippen molar-refractivity contribution in [3.8, 4) is 6.07 Å². The molecule has 126 valence electrons. The summed E-state index contributed by atoms with van der Waals surface area (Å²) < 4.78 is 0. The molecule has 3 rings (SSSR count). The summed E-state index contributed by atoms with van der Waals surface area (Å²) in [6, 6.07) is 16.0. The van der Waals surface area contributed by atoms with Crippen molar-refractivity contribution in [3.05, 3.63) is 54.1 Å². The zero-order chi connectivity index (χ0) is 17.8. The van der Waals surface area contributed by atoms with Gasteiger partial charge in [-0.3, -0.25) is 9.59 Å². The molecule has 0 unspecified atom stereocenters. The molecule has 0 aromatic heterocycles. The molecule has 1 atom stereocenters. The summed E-state index contributed by atoms with van der Waals surface area (Å²) in [6.45, 7) is 1.96. The van der Waals surface area contributed by atoms with Gasteiger partial charge in [0.1, 0.15) is 0 Å². The van der Waals surface area contributed by atoms with Gasteiger partial charge in [0.15, 0.2) is 0 Å². The van der Waals surface area contributed by atoms with Gasteiger partial charge in [-0.15, -0.1) is 0 Å². The summed E-state index contributed by atoms with van der Waals surface area (Å²) in [4.78, 5) is 26.4. The van der Waals surface area contributed by atoms with Crippen molar-refractivity contribution >= 4 is 28.9 Å². The lowest BCUT2D eigenvalue weighted by molar-refractivity contribution is -0.118. The Balaban J connectivity index is 1.78. The summed E-state index contributed by atoms with van der Waals surface area (Å²) in [6.07, 6.45) is 0.247. The maximum Gasteiger partial charge on any atom is 0.246 e. The number of nitriles is 1. The Labute approximate surface area is 146 Å². The van der Waals surface area contributed by atoms with Gasteiger partial charge in [-0.25, -0.2) is 0 Å². The van der Waals surface area contributed by atoms with Crippen LogP contribution in [-0.4, -0.2) is 24.4 Å². The Morgan fingerprint density at radius 3 is 2.72 bits per heavy atom. The van der Waals surface area contributed by atoms with Crippen LogP contribution in [0, 0.1) is 11.3 Å². The molecule has 2 amide bonds. The van der Waals surface area contributed by atoms with E-state index in [1.165, 1.54) is 0 Å². The molecule has 6 heteroatoms. The topological polar surface area (TPSA) is 85.2 Å². The molecule has 0 fully saturated rings. The van der Waals surface area contributed by atoms with Gasteiger partial charge in [-0.2, -0.15) is 5.26 Å². The predicted molar refractivity (Wildman–Crippen MR) is 96.3 cm³/mol. The average molecular weight is 334 g/mol. The summed E-state index contributed by atoms with van der Waals surface area (Å²) in [5.41, 5.74) is 2.67. The van der Waals surface area contributed by atoms with Gasteiger partial charge in [-0.1, -0.05) is 12.1 Å². The standard InChI is InChI=1S/C19H18N4O2/c1-13-10-18(24)22-16-4-2-3-5-17(16)23(13)19(25)12-21-15-8-6-14(11-20)7-9-15/h2-9,13,21H,10,12H2,1H3,(H,22,24)/t13-/m1/s1. The highest BCUT2D eigenvalue weighted by Gasteiger charge is 2.29. The molecule has 25 heavy (non-hydrogen) atoms. The lowest BCUT2D eigenvalue weighted by Gasteiger charge is -2.28. The molecule has 1 aliphatic rings. The molecular formula is C19H18N4O2. The summed E-state index contributed by atoms with van der Waals surface area (Å²) in [5.74, 6) is -0.226. The monoisotopic (exact) mass is 334 g/mol. The molecule has 0 bridgehead atoms. The van der Waals surface area contributed by atoms with Crippen LogP contribution in [0.2, 0.25) is 0 Å². The summed E-state index contributed by atoms with van der Waals surface area (Å²) >= 11 is 0. The van der Waals surface area contributed by atoms with Gasteiger partial charge in [0.05, 0.1) is 29.6 Å². The highest BCUT2D eigenvalue weighted by molar-refractivity contribution is 6.05. The van der Waals surface area contributed by atoms with Gasteiger partial charge in [0.2, 0.25) is 11.8 Å². The highest BCUT2D eigenvalue weighted by atomic mass is 16.2. The van der Waals surface area contributed by atoms with Crippen LogP contribution in [0.15, 0.2) is 48.5 Å². The van der Waals surface area contributed by atoms with E-state index < -0.39 is 0 Å². The van der Waals surface area contributed by atoms with Gasteiger partial charge in [0, 0.05) is 18.2 Å². The lowest BCUT2D eigenvalue weighted by Crippen LogP contribution is -2.42. The van der Waals surface area contributed by atoms with E-state index in [9.17, 15) is 9.59 Å². The van der Waals surface area contributed by atoms with Crippen LogP contribution in [0.3, 0.4) is 0 Å². The van der Waals surface area contributed by atoms with Crippen LogP contribution in [0.25, 0.3) is 0 Å². The molecule has 0 saturated carbocycles. The van der Waals surface area contributed by atoms with E-state index in [2.05, 4.69) is 16.7 Å². The van der Waals surface area contributed by atoms with Crippen molar-refractivity contribution in [3.63, 3.8) is 0 Å². The zero-order valence-corrected chi connectivity index (χ0v) is 13.8. The minimum absolute atomic E-state index is 0.0960. The third-order valence-electron chi connectivity index (χ3n) is 4.09. The van der Waals surface area contributed by atoms with E-state index in [1.54, 1.807) is 35.2 Å². The molecule has 0 spiro atoms. The molecule has 6 nitrogen and oxygen atoms in total. The number of hydrogen-bond donors (Lipinski definition) is 2. The van der Waals surface area contributed by atoms with E-state index in [-0.39, 0.29) is 30.8 Å². The van der Waals surface area contributed by atoms with Crippen molar-refractivity contribution in [1.29, 1.82) is 5.26 Å². The Hall–Kier alpha value is -3.33. The first-order valence-electron chi connectivity index (χ1n) is 8.03. The van der Waals surface area contributed by atoms with Gasteiger partial charge in [-0.05, 0) is 43.3 Å². The van der Waals surface area contributed by atoms with Crippen LogP contribution in [0.5, 0.6) is 0 Å². The number of rotatable bonds is 3. The lowest BCUT2D eigenvalue weighted by atomic mass is 10.1. The number of anilines is 3. The van der Waals surface area contributed by atoms with Crippen molar-refractivity contribution in [2.45, 2.75) is 19.4 Å². The molecule has 0 aliphatic carbocycles. The van der Waals surface area contributed by atoms with E-state index in [4.69, 9.17) is 5.26 Å². The Kier molecular flexibility index (Phi) is 4.66. The molecule has 0 radical (unpaired) electrons. The fourth-order valence-electron chi connectivity index (χ4n) is 2.89. The first kappa shape index (κ1) is 16.5. The van der Waals surface area contributed by atoms with Crippen molar-refractivity contribution in [1.82, 2.24) is 0 Å². The second-order valence-corrected chi connectivity index (χ2v) is 5.92. The number of hydrogen-bond acceptors (Lipinski definition) is 4. The number of nitrogens with zero attached hydrogens (tertiary/aromatic N) is 2. The minimum Gasteiger partial charge on any atom is -0.376 e. The second-order valence-electron chi connectivity index (χ2n) is 5.92. The predicted octanol–water partition coefficient (Wildman–Crippen LogP) is 2.73. The maximum absolute atomic E-state index is 12.8. The smallest absolute Gasteiger partial charge is 0.246 e. The molecule has 2 aromatic carbocycles. The van der Waals surface area contributed by atoms with Crippen LogP contribution in [-0.2, 0) is 9.59 Å². The largest absolute Gasteiger partial charge is 0.376 e. The Morgan fingerprint density at radius 2 is 2.00 bits per heavy atom. The van der Waals surface area contributed by atoms with Gasteiger partial charge < -0.3 is 15.5 Å². The maximum atomic E-state index is 12.8. The fourth-order valence-corrected chi connectivity index (χ4v) is 2.89. The molecule has 2 N–H and O–H groups in total. The SMILES string of the molecule is C[C@@H]1CC(=O)Nc2ccccc2N1C(=O)CNc1ccc(C#N)cc1. The third-order valence-corrected chi connectivity index (χ3v) is 4.09. The molecule has 1 heterocycles. The number of carbonyl (C=O) groups is 2. The first-order valence-corrected chi connectivity index (χ1v) is 8.03. The van der Waals surface area contributed by atoms with Gasteiger partial charge in [0.25, 0.3) is 0 Å². The number of benzene rings is 2. The van der Waals surface area contributed by atoms with Crippen LogP contribution >= 0.6 is 0 Å². The van der Waals surface area contributed by atoms with Crippen molar-refractivity contribution < 1.29 is 9.59 Å². The van der Waals surface area contributed by atoms with Crippen LogP contribution < -0.4 is 15.5 Å². The summed E-state index contributed by atoms with van der Waals surface area (Å²) in [5, 5.41) is 14.7. The molecule has 0 saturated heterocycles. The minimum atomic E-state index is -0.237. The van der Waals surface area contributed by atoms with E-state index in [1.807, 2.05) is 25.1 Å². The average Bonchev–Trinajstić information content (AvgIpc) is 2.74. The Bertz CT molecular complexity index is 839. The van der Waals surface area contributed by atoms with E-state index in [0.29, 0.717) is 16.9 Å². The Morgan fingerprint density at radius 1 is 1.28 bits per heavy atom. The highest BCUT2D eigenvalue weighted by Crippen LogP contribution is 2.31. The van der Waals surface area contributed by atoms with Crippen molar-refractivity contribution in [2.24, 2.45) is 0 Å². The molecule has 2 aromatic rings. The zero-order valence-electron chi connectivity index (χ0n) is 13.8. The number of para-hydroxylation sites is 2. The van der Waals surface area contributed by atoms with E-state index in [0.717, 1.165) is 5.69 Å². The number of carbonyl (C=O) groups excluding carboxylic acids is 2. The van der Waals surface area contributed by atoms with Gasteiger partial charge >= 0.3 is 0 Å². The quantitative estimate of drug-likeness (QED) is 0.904. The molecule has 1 aliphatic heterocycles. The van der Waals surface area contributed by atoms with Crippen LogP contribution in [0.1, 0.15) is 18.9 Å².